The highest BCUT2D eigenvalue weighted by molar-refractivity contribution is 7.89. The third-order valence-corrected chi connectivity index (χ3v) is 7.01. The molecule has 0 fully saturated rings. The number of hydrogen-bond acceptors (Lipinski definition) is 4. The van der Waals surface area contributed by atoms with Crippen LogP contribution in [0.3, 0.4) is 0 Å². The summed E-state index contributed by atoms with van der Waals surface area (Å²) in [6.07, 6.45) is 0. The highest BCUT2D eigenvalue weighted by atomic mass is 35.5. The SMILES string of the molecule is CC(=NNC(=O)c1ccc(CN(C)S(=O)(=O)c2ccc(C)cc2)cc1)c1ccc(Cl)cc1. The minimum atomic E-state index is -3.60. The number of benzene rings is 3. The lowest BCUT2D eigenvalue weighted by molar-refractivity contribution is 0.0955. The number of carbonyl (C=O) groups is 1. The van der Waals surface area contributed by atoms with Crippen molar-refractivity contribution in [3.05, 3.63) is 100 Å². The summed E-state index contributed by atoms with van der Waals surface area (Å²) in [5.74, 6) is -0.356. The second-order valence-electron chi connectivity index (χ2n) is 7.42. The zero-order chi connectivity index (χ0) is 23.3. The Hall–Kier alpha value is -3.00. The zero-order valence-corrected chi connectivity index (χ0v) is 19.6. The van der Waals surface area contributed by atoms with Gasteiger partial charge in [-0.25, -0.2) is 13.8 Å². The molecule has 0 aliphatic heterocycles. The quantitative estimate of drug-likeness (QED) is 0.405. The Bertz CT molecular complexity index is 1220. The van der Waals surface area contributed by atoms with E-state index in [1.165, 1.54) is 11.4 Å². The molecular formula is C24H24ClN3O3S. The molecule has 0 unspecified atom stereocenters. The fourth-order valence-corrected chi connectivity index (χ4v) is 4.23. The molecule has 6 nitrogen and oxygen atoms in total. The summed E-state index contributed by atoms with van der Waals surface area (Å²) in [4.78, 5) is 12.6. The van der Waals surface area contributed by atoms with Gasteiger partial charge < -0.3 is 0 Å². The molecule has 0 spiro atoms. The van der Waals surface area contributed by atoms with Gasteiger partial charge in [-0.15, -0.1) is 0 Å². The van der Waals surface area contributed by atoms with Gasteiger partial charge in [0.25, 0.3) is 5.91 Å². The van der Waals surface area contributed by atoms with Crippen LogP contribution in [0.15, 0.2) is 82.8 Å². The lowest BCUT2D eigenvalue weighted by atomic mass is 10.1. The van der Waals surface area contributed by atoms with Crippen molar-refractivity contribution in [2.45, 2.75) is 25.3 Å². The van der Waals surface area contributed by atoms with E-state index in [0.717, 1.165) is 16.7 Å². The molecule has 0 aliphatic carbocycles. The number of nitrogens with zero attached hydrogens (tertiary/aromatic N) is 2. The summed E-state index contributed by atoms with van der Waals surface area (Å²) >= 11 is 5.88. The zero-order valence-electron chi connectivity index (χ0n) is 18.0. The van der Waals surface area contributed by atoms with Crippen LogP contribution in [0.4, 0.5) is 0 Å². The largest absolute Gasteiger partial charge is 0.271 e. The first-order valence-electron chi connectivity index (χ1n) is 9.89. The van der Waals surface area contributed by atoms with Gasteiger partial charge in [0.1, 0.15) is 0 Å². The van der Waals surface area contributed by atoms with Crippen LogP contribution in [0.5, 0.6) is 0 Å². The fraction of sp³-hybridized carbons (Fsp3) is 0.167. The molecule has 0 heterocycles. The highest BCUT2D eigenvalue weighted by Gasteiger charge is 2.20. The normalized spacial score (nSPS) is 12.1. The predicted molar refractivity (Wildman–Crippen MR) is 127 cm³/mol. The van der Waals surface area contributed by atoms with Crippen LogP contribution in [0.25, 0.3) is 0 Å². The average Bonchev–Trinajstić information content (AvgIpc) is 2.78. The van der Waals surface area contributed by atoms with Crippen LogP contribution >= 0.6 is 11.6 Å². The first-order chi connectivity index (χ1) is 15.2. The maximum atomic E-state index is 12.7. The molecule has 166 valence electrons. The lowest BCUT2D eigenvalue weighted by Gasteiger charge is -2.17. The summed E-state index contributed by atoms with van der Waals surface area (Å²) in [6.45, 7) is 3.88. The van der Waals surface area contributed by atoms with Gasteiger partial charge >= 0.3 is 0 Å². The monoisotopic (exact) mass is 469 g/mol. The molecule has 0 radical (unpaired) electrons. The van der Waals surface area contributed by atoms with Crippen LogP contribution < -0.4 is 5.43 Å². The van der Waals surface area contributed by atoms with Crippen molar-refractivity contribution in [1.29, 1.82) is 0 Å². The molecule has 0 saturated heterocycles. The Morgan fingerprint density at radius 3 is 2.09 bits per heavy atom. The van der Waals surface area contributed by atoms with E-state index in [1.54, 1.807) is 67.6 Å². The van der Waals surface area contributed by atoms with Gasteiger partial charge in [0, 0.05) is 24.2 Å². The van der Waals surface area contributed by atoms with E-state index >= 15 is 0 Å². The molecular weight excluding hydrogens is 446 g/mol. The van der Waals surface area contributed by atoms with Crippen molar-refractivity contribution >= 4 is 33.2 Å². The molecule has 0 bridgehead atoms. The van der Waals surface area contributed by atoms with Crippen LogP contribution in [0, 0.1) is 6.92 Å². The number of aryl methyl sites for hydroxylation is 1. The van der Waals surface area contributed by atoms with Gasteiger partial charge in [-0.3, -0.25) is 4.79 Å². The Balaban J connectivity index is 1.64. The smallest absolute Gasteiger partial charge is 0.267 e. The van der Waals surface area contributed by atoms with E-state index in [4.69, 9.17) is 11.6 Å². The molecule has 0 atom stereocenters. The van der Waals surface area contributed by atoms with Gasteiger partial charge in [-0.05, 0) is 61.4 Å². The van der Waals surface area contributed by atoms with Gasteiger partial charge in [0.2, 0.25) is 10.0 Å². The number of amides is 1. The van der Waals surface area contributed by atoms with Gasteiger partial charge in [-0.2, -0.15) is 9.41 Å². The van der Waals surface area contributed by atoms with Gasteiger partial charge in [0.15, 0.2) is 0 Å². The molecule has 8 heteroatoms. The number of sulfonamides is 1. The van der Waals surface area contributed by atoms with Crippen molar-refractivity contribution in [3.63, 3.8) is 0 Å². The minimum absolute atomic E-state index is 0.186. The van der Waals surface area contributed by atoms with E-state index in [2.05, 4.69) is 10.5 Å². The van der Waals surface area contributed by atoms with Crippen molar-refractivity contribution < 1.29 is 13.2 Å². The summed E-state index contributed by atoms with van der Waals surface area (Å²) in [5, 5.41) is 4.76. The molecule has 0 aromatic heterocycles. The summed E-state index contributed by atoms with van der Waals surface area (Å²) in [7, 11) is -2.07. The second-order valence-corrected chi connectivity index (χ2v) is 9.90. The molecule has 32 heavy (non-hydrogen) atoms. The first-order valence-corrected chi connectivity index (χ1v) is 11.7. The van der Waals surface area contributed by atoms with Crippen LogP contribution in [0.1, 0.15) is 34.0 Å². The summed E-state index contributed by atoms with van der Waals surface area (Å²) in [6, 6.07) is 20.6. The maximum Gasteiger partial charge on any atom is 0.271 e. The topological polar surface area (TPSA) is 78.8 Å². The maximum absolute atomic E-state index is 12.7. The van der Waals surface area contributed by atoms with Gasteiger partial charge in [0.05, 0.1) is 10.6 Å². The Labute approximate surface area is 193 Å². The van der Waals surface area contributed by atoms with Gasteiger partial charge in [-0.1, -0.05) is 53.6 Å². The van der Waals surface area contributed by atoms with Crippen molar-refractivity contribution in [2.24, 2.45) is 5.10 Å². The number of hydrogen-bond donors (Lipinski definition) is 1. The number of carbonyl (C=O) groups excluding carboxylic acids is 1. The van der Waals surface area contributed by atoms with Crippen molar-refractivity contribution in [1.82, 2.24) is 9.73 Å². The Kier molecular flexibility index (Phi) is 7.45. The molecule has 3 aromatic carbocycles. The number of hydrazone groups is 1. The number of nitrogens with one attached hydrogen (secondary N) is 1. The van der Waals surface area contributed by atoms with E-state index in [9.17, 15) is 13.2 Å². The highest BCUT2D eigenvalue weighted by Crippen LogP contribution is 2.18. The third kappa shape index (κ3) is 5.82. The fourth-order valence-electron chi connectivity index (χ4n) is 2.95. The minimum Gasteiger partial charge on any atom is -0.267 e. The molecule has 1 amide bonds. The third-order valence-electron chi connectivity index (χ3n) is 4.94. The number of halogens is 1. The second kappa shape index (κ2) is 10.1. The van der Waals surface area contributed by atoms with E-state index in [-0.39, 0.29) is 17.3 Å². The Morgan fingerprint density at radius 1 is 0.938 bits per heavy atom. The molecule has 3 rings (SSSR count). The summed E-state index contributed by atoms with van der Waals surface area (Å²) in [5.41, 5.74) is 6.21. The van der Waals surface area contributed by atoms with E-state index < -0.39 is 10.0 Å². The molecule has 0 saturated carbocycles. The Morgan fingerprint density at radius 2 is 1.50 bits per heavy atom. The van der Waals surface area contributed by atoms with Crippen LogP contribution in [-0.4, -0.2) is 31.4 Å². The van der Waals surface area contributed by atoms with Crippen molar-refractivity contribution in [2.75, 3.05) is 7.05 Å². The average molecular weight is 470 g/mol. The molecule has 0 aliphatic rings. The predicted octanol–water partition coefficient (Wildman–Crippen LogP) is 4.62. The number of rotatable bonds is 7. The van der Waals surface area contributed by atoms with Crippen LogP contribution in [-0.2, 0) is 16.6 Å². The lowest BCUT2D eigenvalue weighted by Crippen LogP contribution is -2.26. The van der Waals surface area contributed by atoms with Crippen LogP contribution in [0.2, 0.25) is 5.02 Å². The summed E-state index contributed by atoms with van der Waals surface area (Å²) < 4.78 is 26.8. The van der Waals surface area contributed by atoms with E-state index in [1.807, 2.05) is 19.1 Å². The van der Waals surface area contributed by atoms with Crippen molar-refractivity contribution in [3.8, 4) is 0 Å². The van der Waals surface area contributed by atoms with E-state index in [0.29, 0.717) is 16.3 Å². The standard InChI is InChI=1S/C24H24ClN3O3S/c1-17-4-14-23(15-5-17)32(30,31)28(3)16-19-6-8-21(9-7-19)24(29)27-26-18(2)20-10-12-22(25)13-11-20/h4-15H,16H2,1-3H3,(H,27,29). The first kappa shape index (κ1) is 23.7. The molecule has 1 N–H and O–H groups in total. The molecule has 3 aromatic rings.